The van der Waals surface area contributed by atoms with Crippen molar-refractivity contribution in [1.82, 2.24) is 4.90 Å². The maximum Gasteiger partial charge on any atom is 0.326 e. The van der Waals surface area contributed by atoms with Gasteiger partial charge in [-0.3, -0.25) is 19.3 Å². The topological polar surface area (TPSA) is 66.9 Å². The van der Waals surface area contributed by atoms with Crippen LogP contribution in [0.1, 0.15) is 63.6 Å². The average Bonchev–Trinajstić information content (AvgIpc) is 2.87. The van der Waals surface area contributed by atoms with Gasteiger partial charge in [-0.2, -0.15) is 0 Å². The van der Waals surface area contributed by atoms with Crippen LogP contribution in [0.2, 0.25) is 0 Å². The number of thioether (sulfide) groups is 1. The number of ether oxygens (including phenoxy) is 1. The van der Waals surface area contributed by atoms with Crippen molar-refractivity contribution in [2.45, 2.75) is 65.5 Å². The Morgan fingerprint density at radius 2 is 2.00 bits per heavy atom. The number of hydrogen-bond donors (Lipinski definition) is 0. The van der Waals surface area contributed by atoms with E-state index >= 15 is 0 Å². The van der Waals surface area contributed by atoms with Gasteiger partial charge in [0.1, 0.15) is 6.54 Å². The second-order valence-electron chi connectivity index (χ2n) is 9.05. The summed E-state index contributed by atoms with van der Waals surface area (Å²) in [5.41, 5.74) is 4.49. The van der Waals surface area contributed by atoms with Crippen LogP contribution in [0.3, 0.4) is 0 Å². The number of anilines is 1. The van der Waals surface area contributed by atoms with Crippen molar-refractivity contribution < 1.29 is 19.1 Å². The average molecular weight is 431 g/mol. The first kappa shape index (κ1) is 22.4. The minimum atomic E-state index is -0.585. The van der Waals surface area contributed by atoms with E-state index in [0.717, 1.165) is 34.2 Å². The number of nitrogens with zero attached hydrogens (tertiary/aromatic N) is 2. The quantitative estimate of drug-likeness (QED) is 0.509. The zero-order valence-corrected chi connectivity index (χ0v) is 19.6. The molecule has 1 aromatic carbocycles. The highest BCUT2D eigenvalue weighted by atomic mass is 32.2. The Morgan fingerprint density at radius 1 is 1.33 bits per heavy atom. The van der Waals surface area contributed by atoms with Crippen LogP contribution in [0.4, 0.5) is 10.5 Å². The lowest BCUT2D eigenvalue weighted by atomic mass is 9.79. The molecule has 1 saturated heterocycles. The minimum Gasteiger partial charge on any atom is -0.462 e. The highest BCUT2D eigenvalue weighted by molar-refractivity contribution is 8.18. The van der Waals surface area contributed by atoms with Gasteiger partial charge in [-0.1, -0.05) is 6.92 Å². The van der Waals surface area contributed by atoms with Gasteiger partial charge in [0.2, 0.25) is 0 Å². The number of carbonyl (C=O) groups is 3. The third-order valence-electron chi connectivity index (χ3n) is 5.84. The summed E-state index contributed by atoms with van der Waals surface area (Å²) in [6.07, 6.45) is 2.50. The number of aryl methyl sites for hydroxylation is 1. The van der Waals surface area contributed by atoms with Gasteiger partial charge in [-0.15, -0.1) is 0 Å². The summed E-state index contributed by atoms with van der Waals surface area (Å²) in [6.45, 7) is 11.8. The van der Waals surface area contributed by atoms with Crippen molar-refractivity contribution in [1.29, 1.82) is 0 Å². The lowest BCUT2D eigenvalue weighted by molar-refractivity contribution is -0.149. The molecular weight excluding hydrogens is 400 g/mol. The van der Waals surface area contributed by atoms with E-state index in [1.54, 1.807) is 19.9 Å². The fourth-order valence-corrected chi connectivity index (χ4v) is 4.93. The molecule has 0 radical (unpaired) electrons. The van der Waals surface area contributed by atoms with Crippen molar-refractivity contribution in [3.8, 4) is 0 Å². The van der Waals surface area contributed by atoms with E-state index in [0.29, 0.717) is 10.8 Å². The predicted octanol–water partition coefficient (Wildman–Crippen LogP) is 4.70. The number of amides is 2. The van der Waals surface area contributed by atoms with Crippen LogP contribution in [-0.2, 0) is 14.3 Å². The first-order valence-electron chi connectivity index (χ1n) is 10.2. The molecule has 2 aliphatic rings. The van der Waals surface area contributed by atoms with Crippen molar-refractivity contribution in [2.75, 3.05) is 18.5 Å². The Kier molecular flexibility index (Phi) is 6.05. The molecule has 7 heteroatoms. The first-order chi connectivity index (χ1) is 13.9. The third-order valence-corrected chi connectivity index (χ3v) is 6.74. The normalized spacial score (nSPS) is 22.1. The van der Waals surface area contributed by atoms with Crippen LogP contribution in [-0.4, -0.2) is 47.3 Å². The summed E-state index contributed by atoms with van der Waals surface area (Å²) in [4.78, 5) is 40.5. The van der Waals surface area contributed by atoms with Gasteiger partial charge in [0.15, 0.2) is 0 Å². The van der Waals surface area contributed by atoms with Gasteiger partial charge in [-0.05, 0) is 93.6 Å². The molecular formula is C23H30N2O4S. The summed E-state index contributed by atoms with van der Waals surface area (Å²) >= 11 is 0.865. The molecule has 0 unspecified atom stereocenters. The molecule has 2 aliphatic heterocycles. The molecule has 162 valence electrons. The predicted molar refractivity (Wildman–Crippen MR) is 121 cm³/mol. The molecule has 1 atom stereocenters. The number of fused-ring (bicyclic) bond motifs is 1. The molecule has 0 bridgehead atoms. The smallest absolute Gasteiger partial charge is 0.326 e. The van der Waals surface area contributed by atoms with Crippen molar-refractivity contribution in [3.05, 3.63) is 33.7 Å². The summed E-state index contributed by atoms with van der Waals surface area (Å²) in [7, 11) is 2.12. The molecule has 1 fully saturated rings. The van der Waals surface area contributed by atoms with Gasteiger partial charge in [-0.25, -0.2) is 0 Å². The van der Waals surface area contributed by atoms with Crippen LogP contribution in [0.15, 0.2) is 17.0 Å². The molecule has 0 spiro atoms. The summed E-state index contributed by atoms with van der Waals surface area (Å²) in [5, 5.41) is -0.447. The van der Waals surface area contributed by atoms with Gasteiger partial charge in [0.05, 0.1) is 11.0 Å². The zero-order chi connectivity index (χ0) is 22.4. The molecule has 30 heavy (non-hydrogen) atoms. The Morgan fingerprint density at radius 3 is 2.63 bits per heavy atom. The highest BCUT2D eigenvalue weighted by Crippen LogP contribution is 2.44. The van der Waals surface area contributed by atoms with Crippen LogP contribution >= 0.6 is 11.8 Å². The summed E-state index contributed by atoms with van der Waals surface area (Å²) in [6, 6.07) is 4.28. The number of rotatable bonds is 4. The van der Waals surface area contributed by atoms with Crippen molar-refractivity contribution >= 4 is 40.6 Å². The maximum absolute atomic E-state index is 12.7. The number of esters is 1. The SMILES string of the molecule is Cc1cc2c(cc1/C=C1/SC(=O)N(CC(=O)OC(C)C)C1=O)[C@@H](C)CC(C)(C)N2C. The maximum atomic E-state index is 12.7. The van der Waals surface area contributed by atoms with Crippen LogP contribution < -0.4 is 4.90 Å². The standard InChI is InChI=1S/C23H30N2O4S/c1-13(2)29-20(26)12-25-21(27)19(30-22(25)28)10-16-9-17-15(4)11-23(5,6)24(7)18(17)8-14(16)3/h8-10,13,15H,11-12H2,1-7H3/b19-10+/t15-/m0/s1. The Bertz CT molecular complexity index is 935. The summed E-state index contributed by atoms with van der Waals surface area (Å²) in [5.74, 6) is -0.646. The van der Waals surface area contributed by atoms with Crippen LogP contribution in [0, 0.1) is 6.92 Å². The van der Waals surface area contributed by atoms with E-state index in [4.69, 9.17) is 4.74 Å². The number of benzene rings is 1. The van der Waals surface area contributed by atoms with E-state index < -0.39 is 17.1 Å². The van der Waals surface area contributed by atoms with Gasteiger partial charge in [0.25, 0.3) is 11.1 Å². The molecule has 0 saturated carbocycles. The van der Waals surface area contributed by atoms with Crippen LogP contribution in [0.25, 0.3) is 6.08 Å². The highest BCUT2D eigenvalue weighted by Gasteiger charge is 2.38. The number of imide groups is 1. The molecule has 2 heterocycles. The fraction of sp³-hybridized carbons (Fsp3) is 0.522. The molecule has 0 aliphatic carbocycles. The third kappa shape index (κ3) is 4.26. The van der Waals surface area contributed by atoms with E-state index in [2.05, 4.69) is 44.9 Å². The van der Waals surface area contributed by atoms with Crippen molar-refractivity contribution in [2.24, 2.45) is 0 Å². The molecule has 0 N–H and O–H groups in total. The largest absolute Gasteiger partial charge is 0.462 e. The molecule has 1 aromatic rings. The zero-order valence-electron chi connectivity index (χ0n) is 18.7. The van der Waals surface area contributed by atoms with E-state index in [1.807, 2.05) is 6.92 Å². The van der Waals surface area contributed by atoms with E-state index in [-0.39, 0.29) is 18.2 Å². The molecule has 2 amide bonds. The number of carbonyl (C=O) groups excluding carboxylic acids is 3. The van der Waals surface area contributed by atoms with Crippen molar-refractivity contribution in [3.63, 3.8) is 0 Å². The second-order valence-corrected chi connectivity index (χ2v) is 10.0. The lowest BCUT2D eigenvalue weighted by Gasteiger charge is -2.45. The Labute approximate surface area is 182 Å². The Hall–Kier alpha value is -2.28. The van der Waals surface area contributed by atoms with E-state index in [9.17, 15) is 14.4 Å². The molecule has 6 nitrogen and oxygen atoms in total. The number of hydrogen-bond acceptors (Lipinski definition) is 6. The van der Waals surface area contributed by atoms with Gasteiger partial charge < -0.3 is 9.64 Å². The fourth-order valence-electron chi connectivity index (χ4n) is 4.10. The molecule has 0 aromatic heterocycles. The van der Waals surface area contributed by atoms with Crippen LogP contribution in [0.5, 0.6) is 0 Å². The molecule has 3 rings (SSSR count). The second kappa shape index (κ2) is 8.10. The Balaban J connectivity index is 1.89. The minimum absolute atomic E-state index is 0.0770. The van der Waals surface area contributed by atoms with Gasteiger partial charge >= 0.3 is 5.97 Å². The van der Waals surface area contributed by atoms with Gasteiger partial charge in [0, 0.05) is 18.3 Å². The first-order valence-corrected chi connectivity index (χ1v) is 11.1. The summed E-state index contributed by atoms with van der Waals surface area (Å²) < 4.78 is 5.06. The monoisotopic (exact) mass is 430 g/mol. The lowest BCUT2D eigenvalue weighted by Crippen LogP contribution is -2.45. The van der Waals surface area contributed by atoms with E-state index in [1.165, 1.54) is 11.3 Å².